The lowest BCUT2D eigenvalue weighted by Crippen LogP contribution is -2.25. The number of nitrogens with zero attached hydrogens (tertiary/aromatic N) is 3. The fourth-order valence-electron chi connectivity index (χ4n) is 3.99. The topological polar surface area (TPSA) is 56.5 Å². The molecule has 1 fully saturated rings. The highest BCUT2D eigenvalue weighted by Crippen LogP contribution is 2.31. The van der Waals surface area contributed by atoms with Gasteiger partial charge in [-0.2, -0.15) is 9.78 Å². The summed E-state index contributed by atoms with van der Waals surface area (Å²) in [5, 5.41) is 5.21. The van der Waals surface area contributed by atoms with Gasteiger partial charge in [0.15, 0.2) is 0 Å². The SMILES string of the molecule is CC(C)(C)COc1cccc(C=Nn2c(C3CCCCC3)nc3ccccc3c2=O)c1. The first-order valence-electron chi connectivity index (χ1n) is 11.2. The van der Waals surface area contributed by atoms with Crippen LogP contribution < -0.4 is 10.3 Å². The van der Waals surface area contributed by atoms with E-state index in [1.165, 1.54) is 23.9 Å². The minimum absolute atomic E-state index is 0.0864. The van der Waals surface area contributed by atoms with E-state index in [0.29, 0.717) is 12.0 Å². The summed E-state index contributed by atoms with van der Waals surface area (Å²) in [6, 6.07) is 15.3. The van der Waals surface area contributed by atoms with Crippen molar-refractivity contribution in [3.63, 3.8) is 0 Å². The van der Waals surface area contributed by atoms with Crippen LogP contribution in [0.2, 0.25) is 0 Å². The number of aromatic nitrogens is 2. The molecule has 0 saturated heterocycles. The van der Waals surface area contributed by atoms with Crippen LogP contribution in [0.3, 0.4) is 0 Å². The molecule has 0 bridgehead atoms. The van der Waals surface area contributed by atoms with E-state index in [2.05, 4.69) is 25.9 Å². The molecule has 0 radical (unpaired) electrons. The maximum absolute atomic E-state index is 13.3. The molecule has 31 heavy (non-hydrogen) atoms. The van der Waals surface area contributed by atoms with E-state index in [-0.39, 0.29) is 16.9 Å². The Balaban J connectivity index is 1.69. The van der Waals surface area contributed by atoms with Crippen LogP contribution in [0, 0.1) is 5.41 Å². The Morgan fingerprint density at radius 2 is 1.87 bits per heavy atom. The number of para-hydroxylation sites is 1. The lowest BCUT2D eigenvalue weighted by atomic mass is 9.88. The van der Waals surface area contributed by atoms with Crippen LogP contribution in [0.15, 0.2) is 58.4 Å². The Hall–Kier alpha value is -2.95. The Kier molecular flexibility index (Phi) is 6.21. The molecular weight excluding hydrogens is 386 g/mol. The van der Waals surface area contributed by atoms with Crippen LogP contribution in [0.4, 0.5) is 0 Å². The summed E-state index contributed by atoms with van der Waals surface area (Å²) in [6.45, 7) is 7.06. The summed E-state index contributed by atoms with van der Waals surface area (Å²) in [5.74, 6) is 1.85. The highest BCUT2D eigenvalue weighted by Gasteiger charge is 2.22. The average Bonchev–Trinajstić information content (AvgIpc) is 2.77. The predicted molar refractivity (Wildman–Crippen MR) is 126 cm³/mol. The van der Waals surface area contributed by atoms with Crippen molar-refractivity contribution in [3.05, 3.63) is 70.3 Å². The maximum atomic E-state index is 13.3. The number of rotatable bonds is 5. The van der Waals surface area contributed by atoms with Crippen LogP contribution in [0.1, 0.15) is 70.2 Å². The molecule has 0 amide bonds. The Morgan fingerprint density at radius 1 is 1.10 bits per heavy atom. The van der Waals surface area contributed by atoms with Gasteiger partial charge in [-0.05, 0) is 48.1 Å². The summed E-state index contributed by atoms with van der Waals surface area (Å²) in [6.07, 6.45) is 7.43. The molecular formula is C26H31N3O2. The third-order valence-corrected chi connectivity index (χ3v) is 5.60. The predicted octanol–water partition coefficient (Wildman–Crippen LogP) is 5.75. The first-order valence-corrected chi connectivity index (χ1v) is 11.2. The number of benzene rings is 2. The lowest BCUT2D eigenvalue weighted by Gasteiger charge is -2.22. The van der Waals surface area contributed by atoms with Crippen molar-refractivity contribution in [2.24, 2.45) is 10.5 Å². The van der Waals surface area contributed by atoms with Gasteiger partial charge in [-0.25, -0.2) is 4.98 Å². The number of ether oxygens (including phenoxy) is 1. The van der Waals surface area contributed by atoms with Crippen LogP contribution in [-0.4, -0.2) is 22.5 Å². The van der Waals surface area contributed by atoms with Gasteiger partial charge in [0.05, 0.1) is 23.7 Å². The zero-order valence-corrected chi connectivity index (χ0v) is 18.7. The molecule has 1 aliphatic carbocycles. The second-order valence-electron chi connectivity index (χ2n) is 9.61. The molecule has 0 N–H and O–H groups in total. The highest BCUT2D eigenvalue weighted by molar-refractivity contribution is 5.81. The van der Waals surface area contributed by atoms with Crippen molar-refractivity contribution in [1.82, 2.24) is 9.66 Å². The molecule has 1 aromatic heterocycles. The molecule has 0 unspecified atom stereocenters. The van der Waals surface area contributed by atoms with Crippen molar-refractivity contribution in [1.29, 1.82) is 0 Å². The highest BCUT2D eigenvalue weighted by atomic mass is 16.5. The second-order valence-corrected chi connectivity index (χ2v) is 9.61. The van der Waals surface area contributed by atoms with Gasteiger partial charge < -0.3 is 4.74 Å². The van der Waals surface area contributed by atoms with E-state index in [9.17, 15) is 4.79 Å². The van der Waals surface area contributed by atoms with Gasteiger partial charge >= 0.3 is 0 Å². The normalized spacial score (nSPS) is 15.6. The third-order valence-electron chi connectivity index (χ3n) is 5.60. The molecule has 0 atom stereocenters. The molecule has 1 aliphatic rings. The minimum Gasteiger partial charge on any atom is -0.493 e. The van der Waals surface area contributed by atoms with Crippen molar-refractivity contribution < 1.29 is 4.74 Å². The van der Waals surface area contributed by atoms with Gasteiger partial charge in [0.1, 0.15) is 11.6 Å². The summed E-state index contributed by atoms with van der Waals surface area (Å²) in [7, 11) is 0. The third kappa shape index (κ3) is 5.22. The van der Waals surface area contributed by atoms with Crippen LogP contribution >= 0.6 is 0 Å². The smallest absolute Gasteiger partial charge is 0.282 e. The molecule has 0 aliphatic heterocycles. The largest absolute Gasteiger partial charge is 0.493 e. The molecule has 5 nitrogen and oxygen atoms in total. The molecule has 4 rings (SSSR count). The zero-order chi connectivity index (χ0) is 21.8. The van der Waals surface area contributed by atoms with Crippen LogP contribution in [0.5, 0.6) is 5.75 Å². The van der Waals surface area contributed by atoms with E-state index in [1.54, 1.807) is 6.21 Å². The standard InChI is InChI=1S/C26H31N3O2/c1-26(2,3)18-31-21-13-9-10-19(16-21)17-27-29-24(20-11-5-4-6-12-20)28-23-15-8-7-14-22(23)25(29)30/h7-10,13-17,20H,4-6,11-12,18H2,1-3H3. The van der Waals surface area contributed by atoms with Crippen molar-refractivity contribution in [2.45, 2.75) is 58.8 Å². The Labute approximate surface area is 183 Å². The quantitative estimate of drug-likeness (QED) is 0.497. The van der Waals surface area contributed by atoms with Gasteiger partial charge in [-0.3, -0.25) is 4.79 Å². The summed E-state index contributed by atoms with van der Waals surface area (Å²) < 4.78 is 7.44. The number of hydrogen-bond donors (Lipinski definition) is 0. The summed E-state index contributed by atoms with van der Waals surface area (Å²) in [4.78, 5) is 18.1. The number of fused-ring (bicyclic) bond motifs is 1. The molecule has 0 spiro atoms. The molecule has 5 heteroatoms. The molecule has 2 aromatic carbocycles. The van der Waals surface area contributed by atoms with Crippen molar-refractivity contribution >= 4 is 17.1 Å². The fraction of sp³-hybridized carbons (Fsp3) is 0.423. The van der Waals surface area contributed by atoms with E-state index in [1.807, 2.05) is 48.5 Å². The monoisotopic (exact) mass is 417 g/mol. The first kappa shape index (κ1) is 21.3. The Bertz CT molecular complexity index is 1140. The second kappa shape index (κ2) is 9.04. The molecule has 3 aromatic rings. The first-order chi connectivity index (χ1) is 14.9. The molecule has 1 saturated carbocycles. The summed E-state index contributed by atoms with van der Waals surface area (Å²) in [5.41, 5.74) is 1.61. The molecule has 1 heterocycles. The molecule has 162 valence electrons. The average molecular weight is 418 g/mol. The van der Waals surface area contributed by atoms with E-state index in [4.69, 9.17) is 9.72 Å². The number of hydrogen-bond acceptors (Lipinski definition) is 4. The van der Waals surface area contributed by atoms with E-state index < -0.39 is 0 Å². The fourth-order valence-corrected chi connectivity index (χ4v) is 3.99. The van der Waals surface area contributed by atoms with Gasteiger partial charge in [0.2, 0.25) is 0 Å². The minimum atomic E-state index is -0.109. The van der Waals surface area contributed by atoms with Crippen molar-refractivity contribution in [2.75, 3.05) is 6.61 Å². The van der Waals surface area contributed by atoms with Gasteiger partial charge in [0, 0.05) is 5.92 Å². The van der Waals surface area contributed by atoms with Gasteiger partial charge in [-0.15, -0.1) is 0 Å². The zero-order valence-electron chi connectivity index (χ0n) is 18.7. The summed E-state index contributed by atoms with van der Waals surface area (Å²) >= 11 is 0. The lowest BCUT2D eigenvalue weighted by molar-refractivity contribution is 0.198. The van der Waals surface area contributed by atoms with Crippen LogP contribution in [0.25, 0.3) is 10.9 Å². The van der Waals surface area contributed by atoms with Gasteiger partial charge in [0.25, 0.3) is 5.56 Å². The van der Waals surface area contributed by atoms with Crippen molar-refractivity contribution in [3.8, 4) is 5.75 Å². The Morgan fingerprint density at radius 3 is 2.65 bits per heavy atom. The van der Waals surface area contributed by atoms with E-state index in [0.717, 1.165) is 35.5 Å². The van der Waals surface area contributed by atoms with E-state index >= 15 is 0 Å². The van der Waals surface area contributed by atoms with Crippen LogP contribution in [-0.2, 0) is 0 Å². The maximum Gasteiger partial charge on any atom is 0.282 e. The van der Waals surface area contributed by atoms with Gasteiger partial charge in [-0.1, -0.05) is 64.3 Å².